The first-order valence-corrected chi connectivity index (χ1v) is 13.8. The summed E-state index contributed by atoms with van der Waals surface area (Å²) in [5.74, 6) is -1.05. The number of anilines is 1. The lowest BCUT2D eigenvalue weighted by molar-refractivity contribution is -0.142. The van der Waals surface area contributed by atoms with Crippen molar-refractivity contribution in [2.24, 2.45) is 0 Å². The molecule has 2 N–H and O–H groups in total. The molecule has 1 aromatic carbocycles. The summed E-state index contributed by atoms with van der Waals surface area (Å²) >= 11 is 0. The molecule has 12 heteroatoms. The highest BCUT2D eigenvalue weighted by Crippen LogP contribution is 2.44. The SMILES string of the molecule is Cc1cc(C2(C)CCC2)nc(C)c1Oc1nnc(C(F)(F)F)c(C)c1C(=O)Nc1cccc(S(C)(=N)=O)c1. The van der Waals surface area contributed by atoms with Gasteiger partial charge in [-0.25, -0.2) is 8.99 Å². The molecule has 0 spiro atoms. The number of alkyl halides is 3. The van der Waals surface area contributed by atoms with E-state index in [1.54, 1.807) is 13.8 Å². The summed E-state index contributed by atoms with van der Waals surface area (Å²) in [5.41, 5.74) is 0.0302. The van der Waals surface area contributed by atoms with Crippen molar-refractivity contribution >= 4 is 21.3 Å². The van der Waals surface area contributed by atoms with E-state index >= 15 is 0 Å². The van der Waals surface area contributed by atoms with Gasteiger partial charge in [0, 0.05) is 27.9 Å². The molecule has 4 rings (SSSR count). The molecule has 38 heavy (non-hydrogen) atoms. The molecule has 1 unspecified atom stereocenters. The Bertz CT molecular complexity index is 1510. The molecule has 8 nitrogen and oxygen atoms in total. The van der Waals surface area contributed by atoms with Gasteiger partial charge in [0.25, 0.3) is 11.8 Å². The van der Waals surface area contributed by atoms with Crippen LogP contribution in [-0.4, -0.2) is 31.6 Å². The topological polar surface area (TPSA) is 118 Å². The number of aromatic nitrogens is 3. The third-order valence-electron chi connectivity index (χ3n) is 6.82. The van der Waals surface area contributed by atoms with Gasteiger partial charge >= 0.3 is 6.18 Å². The summed E-state index contributed by atoms with van der Waals surface area (Å²) < 4.78 is 66.8. The van der Waals surface area contributed by atoms with Gasteiger partial charge in [0.15, 0.2) is 11.4 Å². The van der Waals surface area contributed by atoms with Crippen LogP contribution in [0.25, 0.3) is 0 Å². The average molecular weight is 548 g/mol. The molecule has 1 saturated carbocycles. The molecular formula is C26H28F3N5O3S. The number of carbonyl (C=O) groups excluding carboxylic acids is 1. The van der Waals surface area contributed by atoms with Gasteiger partial charge < -0.3 is 10.1 Å². The Kier molecular flexibility index (Phi) is 6.98. The van der Waals surface area contributed by atoms with Crippen molar-refractivity contribution in [3.63, 3.8) is 0 Å². The second-order valence-corrected chi connectivity index (χ2v) is 12.1. The zero-order valence-electron chi connectivity index (χ0n) is 21.6. The van der Waals surface area contributed by atoms with Crippen LogP contribution in [0, 0.1) is 25.6 Å². The van der Waals surface area contributed by atoms with Crippen molar-refractivity contribution in [3.8, 4) is 11.6 Å². The summed E-state index contributed by atoms with van der Waals surface area (Å²) in [6.45, 7) is 6.79. The smallest absolute Gasteiger partial charge is 0.435 e. The van der Waals surface area contributed by atoms with Crippen LogP contribution in [0.1, 0.15) is 64.8 Å². The zero-order chi connectivity index (χ0) is 28.0. The van der Waals surface area contributed by atoms with Gasteiger partial charge in [-0.15, -0.1) is 10.2 Å². The third-order valence-corrected chi connectivity index (χ3v) is 7.98. The van der Waals surface area contributed by atoms with E-state index < -0.39 is 44.5 Å². The highest BCUT2D eigenvalue weighted by Gasteiger charge is 2.39. The van der Waals surface area contributed by atoms with Crippen LogP contribution in [0.3, 0.4) is 0 Å². The lowest BCUT2D eigenvalue weighted by Crippen LogP contribution is -2.31. The van der Waals surface area contributed by atoms with Crippen molar-refractivity contribution in [2.45, 2.75) is 63.4 Å². The number of rotatable bonds is 6. The molecule has 0 saturated heterocycles. The van der Waals surface area contributed by atoms with Gasteiger partial charge in [-0.2, -0.15) is 13.2 Å². The summed E-state index contributed by atoms with van der Waals surface area (Å²) in [6, 6.07) is 7.65. The third kappa shape index (κ3) is 5.35. The first kappa shape index (κ1) is 27.5. The Labute approximate surface area is 219 Å². The van der Waals surface area contributed by atoms with Gasteiger partial charge in [0.2, 0.25) is 0 Å². The Morgan fingerprint density at radius 2 is 1.84 bits per heavy atom. The summed E-state index contributed by atoms with van der Waals surface area (Å²) in [7, 11) is -3.08. The van der Waals surface area contributed by atoms with Crippen LogP contribution in [0.4, 0.5) is 18.9 Å². The summed E-state index contributed by atoms with van der Waals surface area (Å²) in [4.78, 5) is 18.2. The quantitative estimate of drug-likeness (QED) is 0.372. The van der Waals surface area contributed by atoms with E-state index in [1.807, 2.05) is 6.07 Å². The van der Waals surface area contributed by atoms with Crippen molar-refractivity contribution in [3.05, 3.63) is 64.1 Å². The number of hydrogen-bond donors (Lipinski definition) is 2. The van der Waals surface area contributed by atoms with E-state index in [-0.39, 0.29) is 21.7 Å². The molecule has 1 aliphatic carbocycles. The molecule has 1 amide bonds. The van der Waals surface area contributed by atoms with Crippen LogP contribution in [0.2, 0.25) is 0 Å². The van der Waals surface area contributed by atoms with Crippen molar-refractivity contribution in [2.75, 3.05) is 11.6 Å². The maximum Gasteiger partial charge on any atom is 0.435 e. The number of pyridine rings is 1. The molecule has 1 atom stereocenters. The number of aryl methyl sites for hydroxylation is 2. The highest BCUT2D eigenvalue weighted by atomic mass is 32.2. The second kappa shape index (κ2) is 9.64. The maximum atomic E-state index is 13.6. The predicted molar refractivity (Wildman–Crippen MR) is 136 cm³/mol. The molecular weight excluding hydrogens is 519 g/mol. The monoisotopic (exact) mass is 547 g/mol. The minimum atomic E-state index is -4.85. The van der Waals surface area contributed by atoms with Crippen LogP contribution in [0.15, 0.2) is 35.2 Å². The van der Waals surface area contributed by atoms with E-state index in [2.05, 4.69) is 27.4 Å². The highest BCUT2D eigenvalue weighted by molar-refractivity contribution is 7.91. The maximum absolute atomic E-state index is 13.6. The summed E-state index contributed by atoms with van der Waals surface area (Å²) in [5, 5.41) is 9.47. The van der Waals surface area contributed by atoms with Crippen LogP contribution < -0.4 is 10.1 Å². The first-order valence-electron chi connectivity index (χ1n) is 11.9. The summed E-state index contributed by atoms with van der Waals surface area (Å²) in [6.07, 6.45) is -0.477. The first-order chi connectivity index (χ1) is 17.6. The Morgan fingerprint density at radius 3 is 2.39 bits per heavy atom. The van der Waals surface area contributed by atoms with Gasteiger partial charge in [0.1, 0.15) is 5.56 Å². The number of nitrogens with zero attached hydrogens (tertiary/aromatic N) is 3. The van der Waals surface area contributed by atoms with E-state index in [4.69, 9.17) is 9.52 Å². The molecule has 202 valence electrons. The molecule has 0 aliphatic heterocycles. The number of hydrogen-bond acceptors (Lipinski definition) is 7. The Hall–Kier alpha value is -3.54. The number of nitrogens with one attached hydrogen (secondary N) is 2. The molecule has 2 heterocycles. The average Bonchev–Trinajstić information content (AvgIpc) is 2.78. The van der Waals surface area contributed by atoms with Crippen LogP contribution in [-0.2, 0) is 21.3 Å². The van der Waals surface area contributed by atoms with E-state index in [9.17, 15) is 22.2 Å². The lowest BCUT2D eigenvalue weighted by atomic mass is 9.68. The predicted octanol–water partition coefficient (Wildman–Crippen LogP) is 6.34. The van der Waals surface area contributed by atoms with Gasteiger partial charge in [-0.1, -0.05) is 19.4 Å². The van der Waals surface area contributed by atoms with E-state index in [0.717, 1.165) is 31.9 Å². The Balaban J connectivity index is 1.76. The fraction of sp³-hybridized carbons (Fsp3) is 0.385. The Morgan fingerprint density at radius 1 is 1.16 bits per heavy atom. The fourth-order valence-corrected chi connectivity index (χ4v) is 5.15. The van der Waals surface area contributed by atoms with Gasteiger partial charge in [0.05, 0.1) is 15.4 Å². The molecule has 3 aromatic rings. The molecule has 0 radical (unpaired) electrons. The second-order valence-electron chi connectivity index (χ2n) is 9.93. The largest absolute Gasteiger partial charge is 0.435 e. The number of carbonyl (C=O) groups is 1. The van der Waals surface area contributed by atoms with Crippen LogP contribution in [0.5, 0.6) is 11.6 Å². The minimum absolute atomic E-state index is 0.0285. The van der Waals surface area contributed by atoms with Crippen LogP contribution >= 0.6 is 0 Å². The van der Waals surface area contributed by atoms with Crippen molar-refractivity contribution in [1.82, 2.24) is 15.2 Å². The zero-order valence-corrected chi connectivity index (χ0v) is 22.4. The normalized spacial score (nSPS) is 16.3. The van der Waals surface area contributed by atoms with Crippen molar-refractivity contribution < 1.29 is 26.9 Å². The molecule has 1 aliphatic rings. The fourth-order valence-electron chi connectivity index (χ4n) is 4.46. The molecule has 0 bridgehead atoms. The van der Waals surface area contributed by atoms with Gasteiger partial charge in [-0.05, 0) is 69.0 Å². The standard InChI is InChI=1S/C26H28F3N5O3S/c1-14-12-19(25(4)10-7-11-25)31-16(3)21(14)37-24-20(15(2)22(33-34-24)26(27,28)29)23(35)32-17-8-6-9-18(13-17)38(5,30)36/h6,8-9,12-13,30H,7,10-11H2,1-5H3,(H,32,35). The van der Waals surface area contributed by atoms with E-state index in [1.165, 1.54) is 30.5 Å². The lowest BCUT2D eigenvalue weighted by Gasteiger charge is -2.38. The van der Waals surface area contributed by atoms with Crippen molar-refractivity contribution in [1.29, 1.82) is 4.78 Å². The minimum Gasteiger partial charge on any atom is -0.435 e. The number of ether oxygens (including phenoxy) is 1. The molecule has 2 aromatic heterocycles. The number of halogens is 3. The number of amides is 1. The number of benzene rings is 1. The van der Waals surface area contributed by atoms with E-state index in [0.29, 0.717) is 11.3 Å². The van der Waals surface area contributed by atoms with Gasteiger partial charge in [-0.3, -0.25) is 9.78 Å². The molecule has 1 fully saturated rings.